The first-order chi connectivity index (χ1) is 34.5. The predicted molar refractivity (Wildman–Crippen MR) is 267 cm³/mol. The number of rotatable bonds is 22. The molecule has 0 radical (unpaired) electrons. The van der Waals surface area contributed by atoms with E-state index in [4.69, 9.17) is 11.5 Å². The lowest BCUT2D eigenvalue weighted by Crippen LogP contribution is -2.60. The number of phenolic OH excluding ortho intramolecular Hbond substituents is 1. The van der Waals surface area contributed by atoms with Crippen molar-refractivity contribution >= 4 is 69.1 Å². The third-order valence-electron chi connectivity index (χ3n) is 13.5. The molecule has 0 spiro atoms. The topological polar surface area (TPSA) is 315 Å². The summed E-state index contributed by atoms with van der Waals surface area (Å²) in [5.74, 6) is -6.04. The van der Waals surface area contributed by atoms with Gasteiger partial charge in [0.15, 0.2) is 0 Å². The molecule has 5 aromatic rings. The number of aromatic hydroxyl groups is 1. The van der Waals surface area contributed by atoms with Crippen LogP contribution in [0.1, 0.15) is 75.5 Å². The van der Waals surface area contributed by atoms with Crippen molar-refractivity contribution < 1.29 is 48.6 Å². The van der Waals surface area contributed by atoms with Crippen LogP contribution >= 0.6 is 0 Å². The zero-order chi connectivity index (χ0) is 51.6. The number of nitrogens with one attached hydrogen (secondary N) is 6. The van der Waals surface area contributed by atoms with Gasteiger partial charge in [-0.05, 0) is 91.8 Å². The number of para-hydroxylation sites is 2. The fraction of sp³-hybridized carbons (Fsp3) is 0.423. The summed E-state index contributed by atoms with van der Waals surface area (Å²) in [6, 6.07) is 12.8. The number of carbonyl (C=O) groups is 8. The van der Waals surface area contributed by atoms with E-state index in [0.717, 1.165) is 21.8 Å². The number of hydrogen-bond donors (Lipinski definition) is 10. The summed E-state index contributed by atoms with van der Waals surface area (Å²) < 4.78 is 0. The van der Waals surface area contributed by atoms with Gasteiger partial charge < -0.3 is 62.7 Å². The highest BCUT2D eigenvalue weighted by atomic mass is 16.4. The molecule has 2 saturated heterocycles. The number of carboxylic acid groups (broad SMARTS) is 1. The molecule has 2 aliphatic rings. The van der Waals surface area contributed by atoms with E-state index in [-0.39, 0.29) is 76.1 Å². The highest BCUT2D eigenvalue weighted by molar-refractivity contribution is 5.98. The molecule has 7 rings (SSSR count). The molecule has 382 valence electrons. The monoisotopic (exact) mass is 988 g/mol. The zero-order valence-corrected chi connectivity index (χ0v) is 40.4. The van der Waals surface area contributed by atoms with E-state index >= 15 is 0 Å². The van der Waals surface area contributed by atoms with Crippen LogP contribution in [0, 0.1) is 5.92 Å². The van der Waals surface area contributed by atoms with Crippen LogP contribution in [-0.4, -0.2) is 133 Å². The minimum atomic E-state index is -1.35. The number of hydrogen-bond acceptors (Lipinski definition) is 10. The number of likely N-dealkylation sites (tertiary alicyclic amines) is 2. The summed E-state index contributed by atoms with van der Waals surface area (Å²) in [6.07, 6.45) is 4.56. The van der Waals surface area contributed by atoms with Crippen LogP contribution in [0.2, 0.25) is 0 Å². The average molecular weight is 989 g/mol. The van der Waals surface area contributed by atoms with Crippen molar-refractivity contribution in [1.82, 2.24) is 41.0 Å². The second-order valence-corrected chi connectivity index (χ2v) is 19.2. The number of nitrogens with zero attached hydrogens (tertiary/aromatic N) is 2. The van der Waals surface area contributed by atoms with Crippen molar-refractivity contribution in [2.24, 2.45) is 17.4 Å². The minimum Gasteiger partial charge on any atom is -0.508 e. The third kappa shape index (κ3) is 12.8. The number of phenols is 1. The molecule has 4 heterocycles. The quantitative estimate of drug-likeness (QED) is 0.0479. The summed E-state index contributed by atoms with van der Waals surface area (Å²) in [7, 11) is 0. The fourth-order valence-electron chi connectivity index (χ4n) is 9.75. The molecule has 3 aromatic carbocycles. The number of amides is 7. The maximum atomic E-state index is 14.8. The van der Waals surface area contributed by atoms with Crippen LogP contribution in [0.15, 0.2) is 85.2 Å². The standard InChI is InChI=1S/C52H64N10O10/c1-29(2)23-40(47(66)57-39(19-20-45(54)64)50(69)61-21-7-13-43(61)51(70)62-22-8-14-44(62)52(71)72)59-49(68)42(26-32-28-56-38-12-6-4-10-35(32)38)60-48(67)41(25-31-27-55-37-11-5-3-9-34(31)37)58-46(65)36(53)24-30-15-17-33(63)18-16-30/h3-6,9-12,15-18,27-29,36,39-44,55-56,63H,7-8,13-14,19-26,53H2,1-2H3,(H2,54,64)(H,57,66)(H,58,65)(H,59,68)(H,60,67)(H,71,72)/t36-,39-,40-,41-,42-,43-,44-/m0/s1. The fourth-order valence-corrected chi connectivity index (χ4v) is 9.75. The molecule has 0 saturated carbocycles. The van der Waals surface area contributed by atoms with Crippen LogP contribution in [0.3, 0.4) is 0 Å². The lowest BCUT2D eigenvalue weighted by atomic mass is 9.99. The molecule has 2 aliphatic heterocycles. The largest absolute Gasteiger partial charge is 0.508 e. The first-order valence-electron chi connectivity index (χ1n) is 24.4. The second kappa shape index (κ2) is 23.4. The number of benzene rings is 3. The van der Waals surface area contributed by atoms with Gasteiger partial charge in [0, 0.05) is 66.6 Å². The highest BCUT2D eigenvalue weighted by Gasteiger charge is 2.44. The first-order valence-corrected chi connectivity index (χ1v) is 24.4. The normalized spacial score (nSPS) is 17.8. The maximum Gasteiger partial charge on any atom is 0.326 e. The molecule has 7 amide bonds. The van der Waals surface area contributed by atoms with Gasteiger partial charge in [0.1, 0.15) is 42.0 Å². The Labute approximate surface area is 416 Å². The van der Waals surface area contributed by atoms with Crippen LogP contribution in [0.5, 0.6) is 5.75 Å². The van der Waals surface area contributed by atoms with E-state index < -0.39 is 89.6 Å². The van der Waals surface area contributed by atoms with Crippen molar-refractivity contribution in [1.29, 1.82) is 0 Å². The van der Waals surface area contributed by atoms with Gasteiger partial charge in [-0.3, -0.25) is 33.6 Å². The van der Waals surface area contributed by atoms with E-state index in [9.17, 15) is 48.6 Å². The molecular formula is C52H64N10O10. The molecule has 0 bridgehead atoms. The second-order valence-electron chi connectivity index (χ2n) is 19.2. The Morgan fingerprint density at radius 3 is 1.71 bits per heavy atom. The van der Waals surface area contributed by atoms with Gasteiger partial charge in [0.2, 0.25) is 41.4 Å². The molecular weight excluding hydrogens is 925 g/mol. The highest BCUT2D eigenvalue weighted by Crippen LogP contribution is 2.27. The van der Waals surface area contributed by atoms with Gasteiger partial charge in [-0.1, -0.05) is 62.4 Å². The van der Waals surface area contributed by atoms with Crippen molar-refractivity contribution in [3.8, 4) is 5.75 Å². The van der Waals surface area contributed by atoms with Gasteiger partial charge in [-0.25, -0.2) is 4.79 Å². The maximum absolute atomic E-state index is 14.8. The van der Waals surface area contributed by atoms with E-state index in [1.165, 1.54) is 21.9 Å². The number of fused-ring (bicyclic) bond motifs is 2. The van der Waals surface area contributed by atoms with Crippen LogP contribution in [0.4, 0.5) is 0 Å². The van der Waals surface area contributed by atoms with Gasteiger partial charge in [-0.2, -0.15) is 0 Å². The molecule has 7 atom stereocenters. The number of H-pyrrole nitrogens is 2. The summed E-state index contributed by atoms with van der Waals surface area (Å²) >= 11 is 0. The number of carboxylic acids is 1. The molecule has 2 fully saturated rings. The summed E-state index contributed by atoms with van der Waals surface area (Å²) in [5.41, 5.74) is 15.5. The van der Waals surface area contributed by atoms with E-state index in [0.29, 0.717) is 29.5 Å². The Hall–Kier alpha value is -7.74. The van der Waals surface area contributed by atoms with Gasteiger partial charge in [0.05, 0.1) is 6.04 Å². The van der Waals surface area contributed by atoms with Gasteiger partial charge in [0.25, 0.3) is 0 Å². The average Bonchev–Trinajstić information content (AvgIpc) is 4.20. The number of nitrogens with two attached hydrogens (primary N) is 2. The Morgan fingerprint density at radius 1 is 0.653 bits per heavy atom. The Balaban J connectivity index is 1.14. The number of primary amides is 1. The summed E-state index contributed by atoms with van der Waals surface area (Å²) in [4.78, 5) is 119. The predicted octanol–water partition coefficient (Wildman–Crippen LogP) is 2.03. The Kier molecular flexibility index (Phi) is 17.0. The molecule has 0 unspecified atom stereocenters. The number of aromatic nitrogens is 2. The lowest BCUT2D eigenvalue weighted by Gasteiger charge is -2.33. The van der Waals surface area contributed by atoms with Crippen molar-refractivity contribution in [3.05, 3.63) is 102 Å². The van der Waals surface area contributed by atoms with Crippen LogP contribution in [0.25, 0.3) is 21.8 Å². The van der Waals surface area contributed by atoms with E-state index in [2.05, 4.69) is 31.2 Å². The summed E-state index contributed by atoms with van der Waals surface area (Å²) in [5, 5.41) is 32.4. The molecule has 12 N–H and O–H groups in total. The number of aromatic amines is 2. The van der Waals surface area contributed by atoms with Gasteiger partial charge in [-0.15, -0.1) is 0 Å². The number of carbonyl (C=O) groups excluding carboxylic acids is 7. The Morgan fingerprint density at radius 2 is 1.15 bits per heavy atom. The minimum absolute atomic E-state index is 0.00428. The van der Waals surface area contributed by atoms with Crippen LogP contribution in [-0.2, 0) is 57.6 Å². The molecule has 72 heavy (non-hydrogen) atoms. The van der Waals surface area contributed by atoms with Crippen LogP contribution < -0.4 is 32.7 Å². The molecule has 0 aliphatic carbocycles. The zero-order valence-electron chi connectivity index (χ0n) is 40.4. The summed E-state index contributed by atoms with van der Waals surface area (Å²) in [6.45, 7) is 4.04. The molecule has 2 aromatic heterocycles. The van der Waals surface area contributed by atoms with Crippen molar-refractivity contribution in [2.45, 2.75) is 120 Å². The SMILES string of the molecule is CC(C)C[C@H](NC(=O)[C@H](Cc1c[nH]c2ccccc12)NC(=O)[C@H](Cc1c[nH]c2ccccc12)NC(=O)[C@@H](N)Cc1ccc(O)cc1)C(=O)N[C@@H](CCC(N)=O)C(=O)N1CCC[C@H]1C(=O)N1CCC[C@H]1C(=O)O. The molecule has 20 nitrogen and oxygen atoms in total. The van der Waals surface area contributed by atoms with Crippen molar-refractivity contribution in [3.63, 3.8) is 0 Å². The molecule has 20 heteroatoms. The number of aliphatic carboxylic acids is 1. The lowest BCUT2D eigenvalue weighted by molar-refractivity contribution is -0.152. The Bertz CT molecular complexity index is 2790. The van der Waals surface area contributed by atoms with Gasteiger partial charge >= 0.3 is 5.97 Å². The van der Waals surface area contributed by atoms with E-state index in [1.54, 1.807) is 24.5 Å². The smallest absolute Gasteiger partial charge is 0.326 e. The first kappa shape index (κ1) is 52.1. The van der Waals surface area contributed by atoms with E-state index in [1.807, 2.05) is 62.4 Å². The third-order valence-corrected chi connectivity index (χ3v) is 13.5. The van der Waals surface area contributed by atoms with Crippen molar-refractivity contribution in [2.75, 3.05) is 13.1 Å².